The van der Waals surface area contributed by atoms with Crippen LogP contribution in [0.1, 0.15) is 43.4 Å². The number of aromatic nitrogens is 4. The van der Waals surface area contributed by atoms with Crippen LogP contribution in [0.25, 0.3) is 5.65 Å². The summed E-state index contributed by atoms with van der Waals surface area (Å²) in [7, 11) is 0. The summed E-state index contributed by atoms with van der Waals surface area (Å²) < 4.78 is 29.3. The summed E-state index contributed by atoms with van der Waals surface area (Å²) in [6.07, 6.45) is 1.91. The second-order valence-corrected chi connectivity index (χ2v) is 10.7. The molecule has 2 saturated heterocycles. The van der Waals surface area contributed by atoms with Gasteiger partial charge in [-0.25, -0.2) is 13.8 Å². The Balaban J connectivity index is 1.26. The van der Waals surface area contributed by atoms with Crippen molar-refractivity contribution in [2.75, 3.05) is 54.8 Å². The normalized spacial score (nSPS) is 18.3. The number of piperidine rings is 1. The van der Waals surface area contributed by atoms with Crippen LogP contribution >= 0.6 is 11.6 Å². The molecule has 3 fully saturated rings. The molecule has 210 valence electrons. The van der Waals surface area contributed by atoms with Crippen molar-refractivity contribution in [3.63, 3.8) is 0 Å². The number of imidazole rings is 1. The number of hydrogen-bond acceptors (Lipinski definition) is 9. The Morgan fingerprint density at radius 2 is 1.90 bits per heavy atom. The minimum absolute atomic E-state index is 0.0877. The highest BCUT2D eigenvalue weighted by molar-refractivity contribution is 6.36. The van der Waals surface area contributed by atoms with E-state index in [0.717, 1.165) is 25.9 Å². The Morgan fingerprint density at radius 1 is 1.15 bits per heavy atom. The number of nitriles is 1. The number of hydrogen-bond donors (Lipinski definition) is 3. The highest BCUT2D eigenvalue weighted by Gasteiger charge is 2.31. The summed E-state index contributed by atoms with van der Waals surface area (Å²) in [5, 5.41) is 23.7. The van der Waals surface area contributed by atoms with Crippen LogP contribution in [0.15, 0.2) is 18.3 Å². The molecule has 2 aromatic heterocycles. The van der Waals surface area contributed by atoms with Gasteiger partial charge in [0.2, 0.25) is 11.9 Å². The lowest BCUT2D eigenvalue weighted by atomic mass is 9.94. The van der Waals surface area contributed by atoms with E-state index in [0.29, 0.717) is 56.2 Å². The largest absolute Gasteiger partial charge is 0.370 e. The molecule has 0 radical (unpaired) electrons. The Bertz CT molecular complexity index is 1460. The Hall–Kier alpha value is -3.76. The van der Waals surface area contributed by atoms with Crippen LogP contribution in [0.2, 0.25) is 5.02 Å². The predicted octanol–water partition coefficient (Wildman–Crippen LogP) is 3.55. The summed E-state index contributed by atoms with van der Waals surface area (Å²) >= 11 is 6.81. The number of benzene rings is 1. The molecule has 4 heterocycles. The number of fused-ring (bicyclic) bond motifs is 1. The molecule has 40 heavy (non-hydrogen) atoms. The van der Waals surface area contributed by atoms with Gasteiger partial charge in [-0.05, 0) is 37.8 Å². The third-order valence-electron chi connectivity index (χ3n) is 7.58. The molecular formula is C26H29ClF2N10O. The fraction of sp³-hybridized carbons (Fsp3) is 0.500. The standard InChI is InChI=1S/C26H29ClF2N10O/c27-21-19(34-26-35-23(33-17-1-2-17)24-32-14-18(13-30)39(24)36-26)11-16(22(28)29)12-20(21)37-7-3-15(4-8-37)25(40)38-9-5-31-6-10-38/h11-12,14-15,17,22,31H,1-10H2,(H2,33,34,35,36). The van der Waals surface area contributed by atoms with Crippen LogP contribution in [-0.2, 0) is 4.79 Å². The summed E-state index contributed by atoms with van der Waals surface area (Å²) in [5.41, 5.74) is 1.11. The van der Waals surface area contributed by atoms with Crippen LogP contribution in [0.4, 0.5) is 31.9 Å². The van der Waals surface area contributed by atoms with Crippen molar-refractivity contribution in [1.29, 1.82) is 5.26 Å². The molecule has 3 aliphatic rings. The lowest BCUT2D eigenvalue weighted by molar-refractivity contribution is -0.136. The SMILES string of the molecule is N#Cc1cnc2c(NC3CC3)nc(Nc3cc(C(F)F)cc(N4CCC(C(=O)N5CCNCC5)CC4)c3Cl)nn12. The molecule has 14 heteroatoms. The first-order valence-corrected chi connectivity index (χ1v) is 13.8. The minimum atomic E-state index is -2.72. The van der Waals surface area contributed by atoms with E-state index in [1.165, 1.54) is 22.8 Å². The topological polar surface area (TPSA) is 127 Å². The average Bonchev–Trinajstić information content (AvgIpc) is 3.69. The fourth-order valence-corrected chi connectivity index (χ4v) is 5.51. The number of nitrogens with zero attached hydrogens (tertiary/aromatic N) is 7. The summed E-state index contributed by atoms with van der Waals surface area (Å²) in [6.45, 7) is 4.04. The molecular weight excluding hydrogens is 542 g/mol. The van der Waals surface area contributed by atoms with Crippen LogP contribution in [-0.4, -0.2) is 75.7 Å². The molecule has 6 rings (SSSR count). The van der Waals surface area contributed by atoms with Crippen molar-refractivity contribution in [3.8, 4) is 6.07 Å². The first kappa shape index (κ1) is 26.5. The van der Waals surface area contributed by atoms with Gasteiger partial charge in [-0.1, -0.05) is 11.6 Å². The third kappa shape index (κ3) is 5.33. The van der Waals surface area contributed by atoms with Gasteiger partial charge in [0.25, 0.3) is 6.43 Å². The minimum Gasteiger partial charge on any atom is -0.370 e. The summed E-state index contributed by atoms with van der Waals surface area (Å²) in [4.78, 5) is 25.6. The van der Waals surface area contributed by atoms with Crippen molar-refractivity contribution >= 4 is 46.3 Å². The first-order valence-electron chi connectivity index (χ1n) is 13.5. The lowest BCUT2D eigenvalue weighted by Crippen LogP contribution is -2.50. The van der Waals surface area contributed by atoms with Gasteiger partial charge in [-0.15, -0.1) is 5.10 Å². The van der Waals surface area contributed by atoms with Gasteiger partial charge in [0.15, 0.2) is 17.2 Å². The molecule has 1 aromatic carbocycles. The van der Waals surface area contributed by atoms with Crippen molar-refractivity contribution in [3.05, 3.63) is 34.6 Å². The van der Waals surface area contributed by atoms with Gasteiger partial charge >= 0.3 is 0 Å². The van der Waals surface area contributed by atoms with Crippen molar-refractivity contribution in [2.24, 2.45) is 5.92 Å². The van der Waals surface area contributed by atoms with Crippen LogP contribution in [0.5, 0.6) is 0 Å². The van der Waals surface area contributed by atoms with E-state index in [2.05, 4.69) is 31.0 Å². The van der Waals surface area contributed by atoms with Crippen molar-refractivity contribution in [1.82, 2.24) is 29.8 Å². The first-order chi connectivity index (χ1) is 19.4. The number of anilines is 4. The maximum absolute atomic E-state index is 14.0. The number of nitrogens with one attached hydrogen (secondary N) is 3. The van der Waals surface area contributed by atoms with E-state index in [1.807, 2.05) is 15.9 Å². The van der Waals surface area contributed by atoms with Crippen LogP contribution in [0, 0.1) is 17.2 Å². The predicted molar refractivity (Wildman–Crippen MR) is 146 cm³/mol. The van der Waals surface area contributed by atoms with Gasteiger partial charge in [-0.3, -0.25) is 4.79 Å². The van der Waals surface area contributed by atoms with Gasteiger partial charge in [-0.2, -0.15) is 14.8 Å². The Labute approximate surface area is 234 Å². The molecule has 2 aliphatic heterocycles. The maximum Gasteiger partial charge on any atom is 0.264 e. The van der Waals surface area contributed by atoms with E-state index in [9.17, 15) is 18.8 Å². The van der Waals surface area contributed by atoms with Gasteiger partial charge in [0, 0.05) is 56.8 Å². The molecule has 1 amide bonds. The monoisotopic (exact) mass is 570 g/mol. The zero-order valence-corrected chi connectivity index (χ0v) is 22.5. The molecule has 0 bridgehead atoms. The molecule has 1 saturated carbocycles. The smallest absolute Gasteiger partial charge is 0.264 e. The van der Waals surface area contributed by atoms with E-state index in [1.54, 1.807) is 0 Å². The molecule has 0 unspecified atom stereocenters. The van der Waals surface area contributed by atoms with Crippen LogP contribution in [0.3, 0.4) is 0 Å². The van der Waals surface area contributed by atoms with Crippen molar-refractivity contribution < 1.29 is 13.6 Å². The number of rotatable bonds is 7. The zero-order valence-electron chi connectivity index (χ0n) is 21.7. The second-order valence-electron chi connectivity index (χ2n) is 10.4. The number of amides is 1. The van der Waals surface area contributed by atoms with Crippen molar-refractivity contribution in [2.45, 2.75) is 38.2 Å². The Kier molecular flexibility index (Phi) is 7.29. The Morgan fingerprint density at radius 3 is 2.58 bits per heavy atom. The molecule has 1 aliphatic carbocycles. The lowest BCUT2D eigenvalue weighted by Gasteiger charge is -2.37. The number of carbonyl (C=O) groups is 1. The number of alkyl halides is 2. The molecule has 0 spiro atoms. The zero-order chi connectivity index (χ0) is 27.8. The average molecular weight is 571 g/mol. The third-order valence-corrected chi connectivity index (χ3v) is 7.98. The second kappa shape index (κ2) is 11.0. The van der Waals surface area contributed by atoms with E-state index < -0.39 is 6.43 Å². The molecule has 11 nitrogen and oxygen atoms in total. The van der Waals surface area contributed by atoms with Gasteiger partial charge in [0.1, 0.15) is 6.07 Å². The molecule has 3 N–H and O–H groups in total. The van der Waals surface area contributed by atoms with Gasteiger partial charge < -0.3 is 25.8 Å². The number of carbonyl (C=O) groups excluding carboxylic acids is 1. The van der Waals surface area contributed by atoms with E-state index >= 15 is 0 Å². The number of piperazine rings is 1. The number of halogens is 3. The highest BCUT2D eigenvalue weighted by atomic mass is 35.5. The fourth-order valence-electron chi connectivity index (χ4n) is 5.24. The molecule has 3 aromatic rings. The highest BCUT2D eigenvalue weighted by Crippen LogP contribution is 2.40. The van der Waals surface area contributed by atoms with E-state index in [-0.39, 0.29) is 45.8 Å². The van der Waals surface area contributed by atoms with E-state index in [4.69, 9.17) is 11.6 Å². The molecule has 0 atom stereocenters. The van der Waals surface area contributed by atoms with Crippen LogP contribution < -0.4 is 20.9 Å². The summed E-state index contributed by atoms with van der Waals surface area (Å²) in [5.74, 6) is 0.602. The maximum atomic E-state index is 14.0. The summed E-state index contributed by atoms with van der Waals surface area (Å²) in [6, 6.07) is 5.00. The van der Waals surface area contributed by atoms with Gasteiger partial charge in [0.05, 0.1) is 22.6 Å². The quantitative estimate of drug-likeness (QED) is 0.391.